The monoisotopic (exact) mass is 615 g/mol. The summed E-state index contributed by atoms with van der Waals surface area (Å²) in [7, 11) is 0. The number of hydrogen-bond donors (Lipinski definition) is 2. The Morgan fingerprint density at radius 1 is 1.02 bits per heavy atom. The van der Waals surface area contributed by atoms with Crippen molar-refractivity contribution in [3.05, 3.63) is 12.4 Å². The minimum absolute atomic E-state index is 0.0403. The van der Waals surface area contributed by atoms with E-state index in [9.17, 15) is 19.1 Å². The van der Waals surface area contributed by atoms with E-state index in [0.717, 1.165) is 25.7 Å². The van der Waals surface area contributed by atoms with Gasteiger partial charge in [0.15, 0.2) is 22.6 Å². The number of rotatable bonds is 21. The van der Waals surface area contributed by atoms with E-state index < -0.39 is 36.6 Å². The number of carbonyl (C=O) groups is 2. The third-order valence-electron chi connectivity index (χ3n) is 8.24. The quantitative estimate of drug-likeness (QED) is 0.0681. The lowest BCUT2D eigenvalue weighted by Gasteiger charge is -2.26. The van der Waals surface area contributed by atoms with Crippen LogP contribution in [0.4, 0.5) is 10.2 Å². The first-order chi connectivity index (χ1) is 21.4. The van der Waals surface area contributed by atoms with Crippen molar-refractivity contribution in [3.63, 3.8) is 0 Å². The predicted octanol–water partition coefficient (Wildman–Crippen LogP) is 6.77. The van der Waals surface area contributed by atoms with Gasteiger partial charge in [-0.15, -0.1) is 6.42 Å². The molecule has 0 aromatic carbocycles. The van der Waals surface area contributed by atoms with Crippen molar-refractivity contribution < 1.29 is 28.6 Å². The van der Waals surface area contributed by atoms with E-state index in [0.29, 0.717) is 12.8 Å². The van der Waals surface area contributed by atoms with Gasteiger partial charge in [0.25, 0.3) is 0 Å². The minimum Gasteiger partial charge on any atom is -0.458 e. The Morgan fingerprint density at radius 3 is 2.23 bits per heavy atom. The molecule has 11 heteroatoms. The zero-order valence-corrected chi connectivity index (χ0v) is 26.5. The highest BCUT2D eigenvalue weighted by molar-refractivity contribution is 5.96. The van der Waals surface area contributed by atoms with Gasteiger partial charge in [-0.25, -0.2) is 4.98 Å². The van der Waals surface area contributed by atoms with Gasteiger partial charge < -0.3 is 19.9 Å². The summed E-state index contributed by atoms with van der Waals surface area (Å²) >= 11 is 0. The number of carbonyl (C=O) groups excluding carboxylic acids is 2. The number of halogens is 1. The number of esters is 1. The van der Waals surface area contributed by atoms with Crippen LogP contribution < -0.4 is 5.32 Å². The van der Waals surface area contributed by atoms with Crippen LogP contribution in [-0.4, -0.2) is 54.8 Å². The van der Waals surface area contributed by atoms with Gasteiger partial charge in [0.1, 0.15) is 12.3 Å². The van der Waals surface area contributed by atoms with Crippen LogP contribution in [0.1, 0.15) is 136 Å². The molecule has 0 unspecified atom stereocenters. The number of ether oxygens (including phenoxy) is 2. The Hall–Kier alpha value is -3.10. The number of fused-ring (bicyclic) bond motifs is 1. The van der Waals surface area contributed by atoms with Gasteiger partial charge in [0.05, 0.1) is 12.9 Å². The Morgan fingerprint density at radius 2 is 1.61 bits per heavy atom. The molecule has 10 nitrogen and oxygen atoms in total. The molecule has 2 N–H and O–H groups in total. The van der Waals surface area contributed by atoms with E-state index in [1.165, 1.54) is 68.7 Å². The predicted molar refractivity (Wildman–Crippen MR) is 167 cm³/mol. The molecule has 3 heterocycles. The molecule has 2 aromatic rings. The molecule has 0 bridgehead atoms. The van der Waals surface area contributed by atoms with Gasteiger partial charge >= 0.3 is 12.0 Å². The third-order valence-corrected chi connectivity index (χ3v) is 8.24. The van der Waals surface area contributed by atoms with Crippen LogP contribution in [0.3, 0.4) is 0 Å². The lowest BCUT2D eigenvalue weighted by molar-refractivity contribution is -0.158. The van der Waals surface area contributed by atoms with E-state index in [1.807, 2.05) is 6.92 Å². The molecule has 3 atom stereocenters. The van der Waals surface area contributed by atoms with Crippen LogP contribution in [0, 0.1) is 18.4 Å². The van der Waals surface area contributed by atoms with Crippen molar-refractivity contribution in [3.8, 4) is 12.3 Å². The van der Waals surface area contributed by atoms with Gasteiger partial charge in [-0.2, -0.15) is 14.4 Å². The SMILES string of the molecule is C#C[C@]1(CO)O[C@@H](n2cnc3c(NC(=O)CCCCC)nc(F)nc32)C[C@@H]1OC(=O)CCCCCCCCCCCCCC. The van der Waals surface area contributed by atoms with Crippen LogP contribution in [0.25, 0.3) is 11.2 Å². The minimum atomic E-state index is -1.57. The Bertz CT molecular complexity index is 1230. The summed E-state index contributed by atoms with van der Waals surface area (Å²) in [6.45, 7) is 3.69. The average molecular weight is 616 g/mol. The number of unbranched alkanes of at least 4 members (excludes halogenated alkanes) is 13. The number of aliphatic hydroxyl groups excluding tert-OH is 1. The molecule has 1 amide bonds. The van der Waals surface area contributed by atoms with Gasteiger partial charge in [0.2, 0.25) is 5.91 Å². The number of amides is 1. The zero-order chi connectivity index (χ0) is 31.8. The van der Waals surface area contributed by atoms with Crippen molar-refractivity contribution in [1.29, 1.82) is 0 Å². The summed E-state index contributed by atoms with van der Waals surface area (Å²) in [6, 6.07) is 0. The lowest BCUT2D eigenvalue weighted by atomic mass is 9.98. The largest absolute Gasteiger partial charge is 0.458 e. The average Bonchev–Trinajstić information content (AvgIpc) is 3.59. The summed E-state index contributed by atoms with van der Waals surface area (Å²) in [4.78, 5) is 37.0. The van der Waals surface area contributed by atoms with Crippen molar-refractivity contribution >= 4 is 28.9 Å². The second-order valence-electron chi connectivity index (χ2n) is 11.8. The number of aliphatic hydroxyl groups is 1. The van der Waals surface area contributed by atoms with Crippen molar-refractivity contribution in [2.24, 2.45) is 0 Å². The van der Waals surface area contributed by atoms with Crippen LogP contribution in [0.15, 0.2) is 6.33 Å². The molecule has 1 saturated heterocycles. The molecular weight excluding hydrogens is 565 g/mol. The molecule has 0 radical (unpaired) electrons. The highest BCUT2D eigenvalue weighted by Crippen LogP contribution is 2.40. The Kier molecular flexibility index (Phi) is 15.0. The maximum atomic E-state index is 14.4. The number of anilines is 1. The van der Waals surface area contributed by atoms with Gasteiger partial charge in [0, 0.05) is 19.3 Å². The molecule has 244 valence electrons. The summed E-state index contributed by atoms with van der Waals surface area (Å²) in [6.07, 6.45) is 21.9. The zero-order valence-electron chi connectivity index (χ0n) is 26.5. The molecule has 1 aliphatic heterocycles. The number of imidazole rings is 1. The number of aromatic nitrogens is 4. The van der Waals surface area contributed by atoms with Crippen LogP contribution >= 0.6 is 0 Å². The molecule has 44 heavy (non-hydrogen) atoms. The second-order valence-corrected chi connectivity index (χ2v) is 11.8. The van der Waals surface area contributed by atoms with Gasteiger partial charge in [-0.3, -0.25) is 14.2 Å². The Balaban J connectivity index is 1.52. The fourth-order valence-electron chi connectivity index (χ4n) is 5.61. The molecule has 1 fully saturated rings. The first-order valence-electron chi connectivity index (χ1n) is 16.5. The lowest BCUT2D eigenvalue weighted by Crippen LogP contribution is -2.44. The highest BCUT2D eigenvalue weighted by Gasteiger charge is 2.51. The van der Waals surface area contributed by atoms with Gasteiger partial charge in [-0.05, 0) is 12.8 Å². The van der Waals surface area contributed by atoms with Crippen molar-refractivity contribution in [2.45, 2.75) is 147 Å². The van der Waals surface area contributed by atoms with Crippen molar-refractivity contribution in [1.82, 2.24) is 19.5 Å². The molecule has 3 rings (SSSR count). The van der Waals surface area contributed by atoms with E-state index in [2.05, 4.69) is 33.1 Å². The first kappa shape index (κ1) is 35.4. The summed E-state index contributed by atoms with van der Waals surface area (Å²) in [5.74, 6) is 1.72. The highest BCUT2D eigenvalue weighted by atomic mass is 19.1. The van der Waals surface area contributed by atoms with E-state index in [-0.39, 0.29) is 42.2 Å². The van der Waals surface area contributed by atoms with Crippen LogP contribution in [0.5, 0.6) is 0 Å². The molecular formula is C33H50FN5O5. The number of nitrogens with zero attached hydrogens (tertiary/aromatic N) is 4. The Labute approximate surface area is 260 Å². The first-order valence-corrected chi connectivity index (χ1v) is 16.5. The summed E-state index contributed by atoms with van der Waals surface area (Å²) < 4.78 is 27.7. The molecule has 0 spiro atoms. The smallest absolute Gasteiger partial charge is 0.312 e. The normalized spacial score (nSPS) is 19.7. The molecule has 1 aliphatic rings. The fraction of sp³-hybridized carbons (Fsp3) is 0.727. The number of terminal acetylenes is 1. The van der Waals surface area contributed by atoms with Crippen LogP contribution in [-0.2, 0) is 19.1 Å². The second kappa shape index (κ2) is 18.6. The molecule has 2 aromatic heterocycles. The number of nitrogens with one attached hydrogen (secondary N) is 1. The van der Waals surface area contributed by atoms with E-state index in [4.69, 9.17) is 15.9 Å². The summed E-state index contributed by atoms with van der Waals surface area (Å²) in [5, 5.41) is 12.8. The van der Waals surface area contributed by atoms with E-state index in [1.54, 1.807) is 0 Å². The molecule has 0 saturated carbocycles. The fourth-order valence-corrected chi connectivity index (χ4v) is 5.61. The number of hydrogen-bond acceptors (Lipinski definition) is 8. The van der Waals surface area contributed by atoms with Crippen LogP contribution in [0.2, 0.25) is 0 Å². The third kappa shape index (κ3) is 10.2. The standard InChI is InChI=1S/C33H50FN5O5/c1-4-7-9-10-11-12-13-14-15-16-17-19-21-28(42)43-25-22-27(44-33(25,6-3)23-40)39-24-35-29-30(37-32(34)38-31(29)39)36-26(41)20-18-8-5-2/h3,24-25,27,40H,4-5,7-23H2,1-2H3,(H,36,37,38,41)/t25-,27+,33+/m0/s1. The van der Waals surface area contributed by atoms with Crippen molar-refractivity contribution in [2.75, 3.05) is 11.9 Å². The maximum absolute atomic E-state index is 14.4. The maximum Gasteiger partial charge on any atom is 0.312 e. The van der Waals surface area contributed by atoms with E-state index >= 15 is 0 Å². The topological polar surface area (TPSA) is 128 Å². The summed E-state index contributed by atoms with van der Waals surface area (Å²) in [5.41, 5.74) is -1.31. The van der Waals surface area contributed by atoms with Gasteiger partial charge in [-0.1, -0.05) is 103 Å². The molecule has 0 aliphatic carbocycles.